The summed E-state index contributed by atoms with van der Waals surface area (Å²) in [6.45, 7) is 3.95. The van der Waals surface area contributed by atoms with Crippen molar-refractivity contribution in [3.05, 3.63) is 40.9 Å². The lowest BCUT2D eigenvalue weighted by Gasteiger charge is -2.25. The third-order valence-electron chi connectivity index (χ3n) is 5.62. The van der Waals surface area contributed by atoms with Crippen molar-refractivity contribution in [2.24, 2.45) is 5.16 Å². The van der Waals surface area contributed by atoms with Gasteiger partial charge in [0.25, 0.3) is 5.91 Å². The molecule has 0 atom stereocenters. The molecule has 2 heterocycles. The molecule has 2 fully saturated rings. The number of thiazole rings is 1. The van der Waals surface area contributed by atoms with Crippen LogP contribution in [0.4, 0.5) is 5.13 Å². The summed E-state index contributed by atoms with van der Waals surface area (Å²) in [4.78, 5) is 26.6. The van der Waals surface area contributed by atoms with Crippen molar-refractivity contribution in [3.63, 3.8) is 0 Å². The van der Waals surface area contributed by atoms with E-state index in [0.717, 1.165) is 69.7 Å². The first-order chi connectivity index (χ1) is 15.9. The van der Waals surface area contributed by atoms with Crippen molar-refractivity contribution in [1.29, 1.82) is 0 Å². The number of nitrogens with one attached hydrogen (secondary N) is 1. The number of carbonyl (C=O) groups excluding carboxylic acids is 1. The number of benzene rings is 1. The van der Waals surface area contributed by atoms with Gasteiger partial charge in [-0.15, -0.1) is 11.3 Å². The first kappa shape index (κ1) is 23.8. The van der Waals surface area contributed by atoms with Gasteiger partial charge in [-0.1, -0.05) is 17.3 Å². The first-order valence-corrected chi connectivity index (χ1v) is 13.7. The lowest BCUT2D eigenvalue weighted by Crippen LogP contribution is -2.35. The maximum atomic E-state index is 13.1. The van der Waals surface area contributed by atoms with Gasteiger partial charge in [-0.05, 0) is 37.8 Å². The van der Waals surface area contributed by atoms with Gasteiger partial charge in [0.2, 0.25) is 0 Å². The molecule has 0 bridgehead atoms. The highest BCUT2D eigenvalue weighted by Gasteiger charge is 2.21. The summed E-state index contributed by atoms with van der Waals surface area (Å²) in [6, 6.07) is 6.07. The first-order valence-electron chi connectivity index (χ1n) is 11.0. The molecule has 1 aromatic heterocycles. The second kappa shape index (κ2) is 10.7. The molecule has 9 nitrogen and oxygen atoms in total. The summed E-state index contributed by atoms with van der Waals surface area (Å²) in [5, 5.41) is 7.47. The van der Waals surface area contributed by atoms with Gasteiger partial charge in [0.15, 0.2) is 20.7 Å². The molecule has 2 aliphatic rings. The SMILES string of the molecule is CS(=O)(=O)c1ccc(C(=NOC2CCCC2)C(=O)Nc2ncc(CN3CCOCC3)s2)cc1. The zero-order valence-electron chi connectivity index (χ0n) is 18.5. The summed E-state index contributed by atoms with van der Waals surface area (Å²) in [6.07, 6.45) is 6.87. The Morgan fingerprint density at radius 1 is 1.24 bits per heavy atom. The fourth-order valence-electron chi connectivity index (χ4n) is 3.78. The normalized spacial score (nSPS) is 18.4. The maximum absolute atomic E-state index is 13.1. The van der Waals surface area contributed by atoms with Crippen LogP contribution in [0.1, 0.15) is 36.1 Å². The molecule has 1 saturated heterocycles. The third kappa shape index (κ3) is 6.59. The van der Waals surface area contributed by atoms with E-state index in [1.807, 2.05) is 0 Å². The predicted octanol–water partition coefficient (Wildman–Crippen LogP) is 2.68. The third-order valence-corrected chi connectivity index (χ3v) is 7.65. The van der Waals surface area contributed by atoms with Gasteiger partial charge in [0.1, 0.15) is 6.10 Å². The summed E-state index contributed by atoms with van der Waals surface area (Å²) in [5.74, 6) is -0.452. The number of nitrogens with zero attached hydrogens (tertiary/aromatic N) is 3. The number of carbonyl (C=O) groups is 1. The van der Waals surface area contributed by atoms with E-state index in [1.165, 1.54) is 23.5 Å². The summed E-state index contributed by atoms with van der Waals surface area (Å²) >= 11 is 1.42. The van der Waals surface area contributed by atoms with E-state index in [0.29, 0.717) is 10.7 Å². The fourth-order valence-corrected chi connectivity index (χ4v) is 5.26. The number of rotatable bonds is 8. The Labute approximate surface area is 197 Å². The molecule has 1 aliphatic carbocycles. The molecule has 11 heteroatoms. The molecule has 1 aromatic carbocycles. The Morgan fingerprint density at radius 3 is 2.61 bits per heavy atom. The second-order valence-corrected chi connectivity index (χ2v) is 11.4. The van der Waals surface area contributed by atoms with Gasteiger partial charge in [-0.3, -0.25) is 15.0 Å². The molecule has 1 N–H and O–H groups in total. The number of hydrogen-bond donors (Lipinski definition) is 1. The Bertz CT molecular complexity index is 1090. The number of ether oxygens (including phenoxy) is 1. The number of amides is 1. The van der Waals surface area contributed by atoms with Crippen molar-refractivity contribution in [1.82, 2.24) is 9.88 Å². The molecule has 178 valence electrons. The molecule has 4 rings (SSSR count). The minimum atomic E-state index is -3.34. The van der Waals surface area contributed by atoms with Crippen LogP contribution >= 0.6 is 11.3 Å². The fraction of sp³-hybridized carbons (Fsp3) is 0.500. The number of hydrogen-bond acceptors (Lipinski definition) is 9. The molecule has 2 aromatic rings. The van der Waals surface area contributed by atoms with Gasteiger partial charge >= 0.3 is 0 Å². The van der Waals surface area contributed by atoms with Gasteiger partial charge in [-0.25, -0.2) is 13.4 Å². The highest BCUT2D eigenvalue weighted by atomic mass is 32.2. The molecule has 1 aliphatic heterocycles. The number of anilines is 1. The van der Waals surface area contributed by atoms with E-state index in [2.05, 4.69) is 20.4 Å². The standard InChI is InChI=1S/C22H28N4O5S2/c1-33(28,29)19-8-6-16(7-9-19)20(25-31-17-4-2-3-5-17)21(27)24-22-23-14-18(32-22)15-26-10-12-30-13-11-26/h6-9,14,17H,2-5,10-13,15H2,1H3,(H,23,24,27). The van der Waals surface area contributed by atoms with E-state index >= 15 is 0 Å². The highest BCUT2D eigenvalue weighted by molar-refractivity contribution is 7.90. The highest BCUT2D eigenvalue weighted by Crippen LogP contribution is 2.23. The summed E-state index contributed by atoms with van der Waals surface area (Å²) in [7, 11) is -3.34. The zero-order valence-corrected chi connectivity index (χ0v) is 20.2. The van der Waals surface area contributed by atoms with Crippen LogP contribution in [0.5, 0.6) is 0 Å². The molecular weight excluding hydrogens is 464 g/mol. The van der Waals surface area contributed by atoms with Crippen molar-refractivity contribution in [3.8, 4) is 0 Å². The Morgan fingerprint density at radius 2 is 1.94 bits per heavy atom. The van der Waals surface area contributed by atoms with E-state index < -0.39 is 15.7 Å². The lowest BCUT2D eigenvalue weighted by atomic mass is 10.1. The Kier molecular flexibility index (Phi) is 7.74. The van der Waals surface area contributed by atoms with Crippen LogP contribution in [-0.2, 0) is 30.8 Å². The Hall–Kier alpha value is -2.34. The van der Waals surface area contributed by atoms with Crippen LogP contribution in [0, 0.1) is 0 Å². The minimum absolute atomic E-state index is 0.0110. The van der Waals surface area contributed by atoms with Crippen LogP contribution in [0.3, 0.4) is 0 Å². The average molecular weight is 493 g/mol. The largest absolute Gasteiger partial charge is 0.392 e. The summed E-state index contributed by atoms with van der Waals surface area (Å²) in [5.41, 5.74) is 0.565. The molecule has 0 spiro atoms. The van der Waals surface area contributed by atoms with E-state index in [9.17, 15) is 13.2 Å². The number of sulfone groups is 1. The lowest BCUT2D eigenvalue weighted by molar-refractivity contribution is -0.110. The zero-order chi connectivity index (χ0) is 23.3. The van der Waals surface area contributed by atoms with Gasteiger partial charge in [0.05, 0.1) is 18.1 Å². The van der Waals surface area contributed by atoms with Crippen molar-refractivity contribution < 1.29 is 22.8 Å². The van der Waals surface area contributed by atoms with Crippen molar-refractivity contribution in [2.45, 2.75) is 43.2 Å². The monoisotopic (exact) mass is 492 g/mol. The average Bonchev–Trinajstić information content (AvgIpc) is 3.47. The van der Waals surface area contributed by atoms with Gasteiger partial charge in [-0.2, -0.15) is 0 Å². The second-order valence-electron chi connectivity index (χ2n) is 8.22. The summed E-state index contributed by atoms with van der Waals surface area (Å²) < 4.78 is 28.9. The molecule has 1 amide bonds. The van der Waals surface area contributed by atoms with Crippen LogP contribution in [-0.4, -0.2) is 68.6 Å². The molecule has 0 unspecified atom stereocenters. The molecule has 1 saturated carbocycles. The molecule has 0 radical (unpaired) electrons. The minimum Gasteiger partial charge on any atom is -0.392 e. The van der Waals surface area contributed by atoms with Crippen molar-refractivity contribution >= 4 is 37.9 Å². The van der Waals surface area contributed by atoms with Gasteiger partial charge in [0, 0.05) is 42.5 Å². The van der Waals surface area contributed by atoms with Crippen LogP contribution in [0.15, 0.2) is 40.5 Å². The van der Waals surface area contributed by atoms with E-state index in [4.69, 9.17) is 9.57 Å². The van der Waals surface area contributed by atoms with Crippen molar-refractivity contribution in [2.75, 3.05) is 37.9 Å². The Balaban J connectivity index is 1.48. The molecule has 33 heavy (non-hydrogen) atoms. The van der Waals surface area contributed by atoms with E-state index in [1.54, 1.807) is 18.3 Å². The quantitative estimate of drug-likeness (QED) is 0.446. The van der Waals surface area contributed by atoms with Crippen LogP contribution in [0.25, 0.3) is 0 Å². The van der Waals surface area contributed by atoms with E-state index in [-0.39, 0.29) is 16.7 Å². The molecular formula is C22H28N4O5S2. The van der Waals surface area contributed by atoms with Crippen LogP contribution in [0.2, 0.25) is 0 Å². The maximum Gasteiger partial charge on any atom is 0.280 e. The number of morpholine rings is 1. The smallest absolute Gasteiger partial charge is 0.280 e. The number of oxime groups is 1. The topological polar surface area (TPSA) is 110 Å². The predicted molar refractivity (Wildman–Crippen MR) is 126 cm³/mol. The number of aromatic nitrogens is 1. The van der Waals surface area contributed by atoms with Crippen LogP contribution < -0.4 is 5.32 Å². The van der Waals surface area contributed by atoms with Gasteiger partial charge < -0.3 is 9.57 Å².